The van der Waals surface area contributed by atoms with Gasteiger partial charge in [0, 0.05) is 23.8 Å². The number of anilines is 1. The van der Waals surface area contributed by atoms with Crippen LogP contribution in [0.2, 0.25) is 0 Å². The van der Waals surface area contributed by atoms with Gasteiger partial charge in [-0.25, -0.2) is 0 Å². The van der Waals surface area contributed by atoms with Crippen LogP contribution in [0.15, 0.2) is 24.3 Å². The van der Waals surface area contributed by atoms with Crippen LogP contribution in [-0.4, -0.2) is 24.4 Å². The van der Waals surface area contributed by atoms with E-state index in [-0.39, 0.29) is 24.4 Å². The van der Waals surface area contributed by atoms with Crippen LogP contribution < -0.4 is 16.4 Å². The van der Waals surface area contributed by atoms with Crippen molar-refractivity contribution in [2.75, 3.05) is 11.9 Å². The fourth-order valence-electron chi connectivity index (χ4n) is 1.48. The Kier molecular flexibility index (Phi) is 5.27. The van der Waals surface area contributed by atoms with E-state index in [4.69, 9.17) is 5.73 Å². The first-order valence-electron chi connectivity index (χ1n) is 6.68. The normalized spacial score (nSPS) is 11.3. The number of nitrogens with one attached hydrogen (secondary N) is 2. The number of hydrogen-bond donors (Lipinski definition) is 3. The van der Waals surface area contributed by atoms with Crippen molar-refractivity contribution in [3.05, 3.63) is 29.8 Å². The Hall–Kier alpha value is -1.88. The summed E-state index contributed by atoms with van der Waals surface area (Å²) in [5.74, 6) is -0.324. The lowest BCUT2D eigenvalue weighted by molar-refractivity contribution is -0.123. The highest BCUT2D eigenvalue weighted by Gasteiger charge is 2.25. The molecule has 2 amide bonds. The van der Waals surface area contributed by atoms with E-state index in [1.165, 1.54) is 0 Å². The minimum absolute atomic E-state index is 0.0666. The lowest BCUT2D eigenvalue weighted by atomic mass is 9.92. The average Bonchev–Trinajstić information content (AvgIpc) is 2.38. The first kappa shape index (κ1) is 16.2. The van der Waals surface area contributed by atoms with Crippen LogP contribution in [0.5, 0.6) is 0 Å². The smallest absolute Gasteiger partial charge is 0.251 e. The molecule has 0 fully saturated rings. The van der Waals surface area contributed by atoms with Crippen molar-refractivity contribution in [1.29, 1.82) is 0 Å². The molecular formula is C15H23N3O2. The van der Waals surface area contributed by atoms with E-state index >= 15 is 0 Å². The maximum atomic E-state index is 12.0. The first-order chi connectivity index (χ1) is 9.26. The minimum atomic E-state index is -0.643. The summed E-state index contributed by atoms with van der Waals surface area (Å²) in [7, 11) is 0. The Morgan fingerprint density at radius 1 is 1.30 bits per heavy atom. The van der Waals surface area contributed by atoms with E-state index in [9.17, 15) is 9.59 Å². The van der Waals surface area contributed by atoms with E-state index in [1.54, 1.807) is 38.1 Å². The predicted octanol–water partition coefficient (Wildman–Crippen LogP) is 1.75. The molecule has 0 radical (unpaired) electrons. The molecule has 1 rings (SSSR count). The summed E-state index contributed by atoms with van der Waals surface area (Å²) in [5.41, 5.74) is 6.03. The number of nitrogens with two attached hydrogens (primary N) is 1. The second-order valence-electron chi connectivity index (χ2n) is 5.75. The van der Waals surface area contributed by atoms with Crippen LogP contribution in [0, 0.1) is 5.41 Å². The second kappa shape index (κ2) is 6.52. The van der Waals surface area contributed by atoms with Gasteiger partial charge in [0.15, 0.2) is 0 Å². The molecule has 0 aliphatic rings. The Balaban J connectivity index is 2.84. The fraction of sp³-hybridized carbons (Fsp3) is 0.467. The Morgan fingerprint density at radius 3 is 2.50 bits per heavy atom. The van der Waals surface area contributed by atoms with Crippen molar-refractivity contribution >= 4 is 17.5 Å². The zero-order valence-corrected chi connectivity index (χ0v) is 12.5. The second-order valence-corrected chi connectivity index (χ2v) is 5.75. The highest BCUT2D eigenvalue weighted by molar-refractivity contribution is 5.98. The Labute approximate surface area is 119 Å². The van der Waals surface area contributed by atoms with Gasteiger partial charge in [-0.3, -0.25) is 9.59 Å². The lowest BCUT2D eigenvalue weighted by Gasteiger charge is -2.21. The summed E-state index contributed by atoms with van der Waals surface area (Å²) in [6, 6.07) is 6.91. The molecule has 5 heteroatoms. The van der Waals surface area contributed by atoms with Gasteiger partial charge in [-0.2, -0.15) is 0 Å². The van der Waals surface area contributed by atoms with Crippen LogP contribution in [-0.2, 0) is 4.79 Å². The van der Waals surface area contributed by atoms with Gasteiger partial charge >= 0.3 is 0 Å². The summed E-state index contributed by atoms with van der Waals surface area (Å²) in [6.45, 7) is 7.60. The van der Waals surface area contributed by atoms with Gasteiger partial charge in [0.25, 0.3) is 5.91 Å². The standard InChI is InChI=1S/C15H23N3O2/c1-10(2)17-13(19)11-6-5-7-12(8-11)18-14(20)15(3,4)9-16/h5-8,10H,9,16H2,1-4H3,(H,17,19)(H,18,20). The third-order valence-corrected chi connectivity index (χ3v) is 2.93. The van der Waals surface area contributed by atoms with Gasteiger partial charge in [0.1, 0.15) is 0 Å². The SMILES string of the molecule is CC(C)NC(=O)c1cccc(NC(=O)C(C)(C)CN)c1. The molecule has 20 heavy (non-hydrogen) atoms. The number of carbonyl (C=O) groups is 2. The number of amides is 2. The molecule has 0 aliphatic heterocycles. The summed E-state index contributed by atoms with van der Waals surface area (Å²) >= 11 is 0. The topological polar surface area (TPSA) is 84.2 Å². The largest absolute Gasteiger partial charge is 0.350 e. The molecule has 1 aromatic carbocycles. The van der Waals surface area contributed by atoms with E-state index in [0.29, 0.717) is 11.3 Å². The van der Waals surface area contributed by atoms with Crippen molar-refractivity contribution in [3.8, 4) is 0 Å². The van der Waals surface area contributed by atoms with Crippen molar-refractivity contribution in [2.45, 2.75) is 33.7 Å². The summed E-state index contributed by atoms with van der Waals surface area (Å²) in [4.78, 5) is 23.9. The number of benzene rings is 1. The number of rotatable bonds is 5. The molecule has 0 aliphatic carbocycles. The molecule has 110 valence electrons. The van der Waals surface area contributed by atoms with Crippen LogP contribution in [0.1, 0.15) is 38.1 Å². The van der Waals surface area contributed by atoms with Crippen molar-refractivity contribution in [1.82, 2.24) is 5.32 Å². The van der Waals surface area contributed by atoms with E-state index in [1.807, 2.05) is 13.8 Å². The predicted molar refractivity (Wildman–Crippen MR) is 80.5 cm³/mol. The highest BCUT2D eigenvalue weighted by Crippen LogP contribution is 2.18. The molecule has 0 saturated heterocycles. The van der Waals surface area contributed by atoms with E-state index in [0.717, 1.165) is 0 Å². The van der Waals surface area contributed by atoms with Crippen molar-refractivity contribution in [2.24, 2.45) is 11.1 Å². The molecule has 0 atom stereocenters. The minimum Gasteiger partial charge on any atom is -0.350 e. The average molecular weight is 277 g/mol. The van der Waals surface area contributed by atoms with Crippen LogP contribution in [0.3, 0.4) is 0 Å². The zero-order chi connectivity index (χ0) is 15.3. The molecule has 0 saturated carbocycles. The third kappa shape index (κ3) is 4.35. The first-order valence-corrected chi connectivity index (χ1v) is 6.68. The monoisotopic (exact) mass is 277 g/mol. The molecule has 5 nitrogen and oxygen atoms in total. The molecule has 0 bridgehead atoms. The summed E-state index contributed by atoms with van der Waals surface area (Å²) < 4.78 is 0. The van der Waals surface area contributed by atoms with Gasteiger partial charge in [-0.15, -0.1) is 0 Å². The van der Waals surface area contributed by atoms with E-state index < -0.39 is 5.41 Å². The Bertz CT molecular complexity index is 496. The Morgan fingerprint density at radius 2 is 1.95 bits per heavy atom. The summed E-state index contributed by atoms with van der Waals surface area (Å²) in [5, 5.41) is 5.59. The maximum absolute atomic E-state index is 12.0. The van der Waals surface area contributed by atoms with Gasteiger partial charge in [0.2, 0.25) is 5.91 Å². The molecule has 4 N–H and O–H groups in total. The van der Waals surface area contributed by atoms with Gasteiger partial charge in [-0.1, -0.05) is 6.07 Å². The van der Waals surface area contributed by atoms with Gasteiger partial charge < -0.3 is 16.4 Å². The van der Waals surface area contributed by atoms with Gasteiger partial charge in [-0.05, 0) is 45.9 Å². The molecule has 0 aromatic heterocycles. The number of carbonyl (C=O) groups excluding carboxylic acids is 2. The summed E-state index contributed by atoms with van der Waals surface area (Å²) in [6.07, 6.45) is 0. The molecular weight excluding hydrogens is 254 g/mol. The van der Waals surface area contributed by atoms with Crippen LogP contribution >= 0.6 is 0 Å². The molecule has 0 spiro atoms. The van der Waals surface area contributed by atoms with Gasteiger partial charge in [0.05, 0.1) is 5.41 Å². The van der Waals surface area contributed by atoms with Crippen molar-refractivity contribution < 1.29 is 9.59 Å². The van der Waals surface area contributed by atoms with E-state index in [2.05, 4.69) is 10.6 Å². The lowest BCUT2D eigenvalue weighted by Crippen LogP contribution is -2.37. The number of hydrogen-bond acceptors (Lipinski definition) is 3. The fourth-order valence-corrected chi connectivity index (χ4v) is 1.48. The highest BCUT2D eigenvalue weighted by atomic mass is 16.2. The molecule has 0 heterocycles. The maximum Gasteiger partial charge on any atom is 0.251 e. The quantitative estimate of drug-likeness (QED) is 0.766. The van der Waals surface area contributed by atoms with Crippen molar-refractivity contribution in [3.63, 3.8) is 0 Å². The van der Waals surface area contributed by atoms with Crippen LogP contribution in [0.4, 0.5) is 5.69 Å². The third-order valence-electron chi connectivity index (χ3n) is 2.93. The zero-order valence-electron chi connectivity index (χ0n) is 12.5. The molecule has 1 aromatic rings. The molecule has 0 unspecified atom stereocenters. The van der Waals surface area contributed by atoms with Crippen LogP contribution in [0.25, 0.3) is 0 Å².